The minimum absolute atomic E-state index is 0.0714. The Morgan fingerprint density at radius 1 is 1.45 bits per heavy atom. The maximum Gasteiger partial charge on any atom is 0.228 e. The summed E-state index contributed by atoms with van der Waals surface area (Å²) in [5.74, 6) is -0.244. The highest BCUT2D eigenvalue weighted by Gasteiger charge is 2.22. The zero-order chi connectivity index (χ0) is 14.7. The average Bonchev–Trinajstić information content (AvgIpc) is 2.76. The second-order valence-corrected chi connectivity index (χ2v) is 4.93. The molecular formula is C14H18N2O4. The molecule has 2 amide bonds. The van der Waals surface area contributed by atoms with Gasteiger partial charge < -0.3 is 20.8 Å². The number of amides is 2. The van der Waals surface area contributed by atoms with Crippen molar-refractivity contribution < 1.29 is 19.8 Å². The van der Waals surface area contributed by atoms with Crippen molar-refractivity contribution in [2.75, 3.05) is 11.9 Å². The largest absolute Gasteiger partial charge is 0.390 e. The third kappa shape index (κ3) is 3.34. The van der Waals surface area contributed by atoms with Gasteiger partial charge in [-0.25, -0.2) is 0 Å². The summed E-state index contributed by atoms with van der Waals surface area (Å²) >= 11 is 0. The predicted molar refractivity (Wildman–Crippen MR) is 73.0 cm³/mol. The Labute approximate surface area is 116 Å². The van der Waals surface area contributed by atoms with Crippen molar-refractivity contribution in [2.24, 2.45) is 0 Å². The number of anilines is 1. The number of nitrogens with one attached hydrogen (secondary N) is 2. The number of carbonyl (C=O) groups is 2. The molecular weight excluding hydrogens is 260 g/mol. The summed E-state index contributed by atoms with van der Waals surface area (Å²) in [5.41, 5.74) is 2.13. The zero-order valence-electron chi connectivity index (χ0n) is 11.2. The maximum atomic E-state index is 11.3. The van der Waals surface area contributed by atoms with Crippen LogP contribution in [0.2, 0.25) is 0 Å². The molecule has 0 bridgehead atoms. The second-order valence-electron chi connectivity index (χ2n) is 4.93. The molecule has 4 N–H and O–H groups in total. The molecule has 1 aliphatic heterocycles. The maximum absolute atomic E-state index is 11.3. The van der Waals surface area contributed by atoms with Crippen LogP contribution in [0.3, 0.4) is 0 Å². The van der Waals surface area contributed by atoms with Crippen LogP contribution in [0.25, 0.3) is 0 Å². The number of hydrogen-bond acceptors (Lipinski definition) is 4. The fraction of sp³-hybridized carbons (Fsp3) is 0.429. The Balaban J connectivity index is 1.98. The lowest BCUT2D eigenvalue weighted by Gasteiger charge is -2.18. The highest BCUT2D eigenvalue weighted by molar-refractivity contribution is 5.99. The van der Waals surface area contributed by atoms with Crippen LogP contribution in [-0.4, -0.2) is 34.7 Å². The lowest BCUT2D eigenvalue weighted by Crippen LogP contribution is -2.27. The number of fused-ring (bicyclic) bond motifs is 1. The standard InChI is InChI=1S/C14H18N2O4/c1-8(17)15-5-4-12(18)14(20)9-2-3-11-10(6-9)7-13(19)16-11/h2-3,6,12,14,18,20H,4-5,7H2,1H3,(H,15,17)(H,16,19). The van der Waals surface area contributed by atoms with Gasteiger partial charge in [0.2, 0.25) is 11.8 Å². The number of aliphatic hydroxyl groups is 2. The van der Waals surface area contributed by atoms with Gasteiger partial charge in [-0.1, -0.05) is 12.1 Å². The fourth-order valence-electron chi connectivity index (χ4n) is 2.21. The topological polar surface area (TPSA) is 98.7 Å². The van der Waals surface area contributed by atoms with Gasteiger partial charge in [-0.15, -0.1) is 0 Å². The van der Waals surface area contributed by atoms with Crippen molar-refractivity contribution >= 4 is 17.5 Å². The number of rotatable bonds is 5. The monoisotopic (exact) mass is 278 g/mol. The van der Waals surface area contributed by atoms with Crippen LogP contribution in [0.4, 0.5) is 5.69 Å². The molecule has 6 nitrogen and oxygen atoms in total. The second kappa shape index (κ2) is 6.02. The fourth-order valence-corrected chi connectivity index (χ4v) is 2.21. The van der Waals surface area contributed by atoms with Crippen molar-refractivity contribution in [1.29, 1.82) is 0 Å². The first kappa shape index (κ1) is 14.5. The van der Waals surface area contributed by atoms with Crippen molar-refractivity contribution in [2.45, 2.75) is 32.0 Å². The van der Waals surface area contributed by atoms with Crippen LogP contribution in [0.1, 0.15) is 30.6 Å². The molecule has 0 aliphatic carbocycles. The molecule has 0 fully saturated rings. The van der Waals surface area contributed by atoms with E-state index in [9.17, 15) is 19.8 Å². The van der Waals surface area contributed by atoms with E-state index in [4.69, 9.17) is 0 Å². The summed E-state index contributed by atoms with van der Waals surface area (Å²) in [5, 5.41) is 25.3. The number of benzene rings is 1. The van der Waals surface area contributed by atoms with Crippen LogP contribution in [-0.2, 0) is 16.0 Å². The van der Waals surface area contributed by atoms with Crippen LogP contribution < -0.4 is 10.6 Å². The molecule has 0 radical (unpaired) electrons. The van der Waals surface area contributed by atoms with E-state index >= 15 is 0 Å². The number of hydrogen-bond donors (Lipinski definition) is 4. The van der Waals surface area contributed by atoms with Crippen LogP contribution in [0, 0.1) is 0 Å². The van der Waals surface area contributed by atoms with E-state index in [1.165, 1.54) is 6.92 Å². The van der Waals surface area contributed by atoms with Crippen LogP contribution in [0.15, 0.2) is 18.2 Å². The highest BCUT2D eigenvalue weighted by atomic mass is 16.3. The summed E-state index contributed by atoms with van der Waals surface area (Å²) in [7, 11) is 0. The van der Waals surface area contributed by atoms with E-state index in [-0.39, 0.29) is 24.7 Å². The molecule has 0 saturated heterocycles. The Bertz CT molecular complexity index is 530. The predicted octanol–water partition coefficient (Wildman–Crippen LogP) is 0.102. The average molecular weight is 278 g/mol. The third-order valence-corrected chi connectivity index (χ3v) is 3.27. The molecule has 1 heterocycles. The highest BCUT2D eigenvalue weighted by Crippen LogP contribution is 2.28. The van der Waals surface area contributed by atoms with E-state index in [1.807, 2.05) is 0 Å². The van der Waals surface area contributed by atoms with Crippen LogP contribution in [0.5, 0.6) is 0 Å². The lowest BCUT2D eigenvalue weighted by atomic mass is 9.99. The van der Waals surface area contributed by atoms with Gasteiger partial charge in [0.25, 0.3) is 0 Å². The minimum Gasteiger partial charge on any atom is -0.390 e. The molecule has 0 saturated carbocycles. The summed E-state index contributed by atoms with van der Waals surface area (Å²) in [6, 6.07) is 5.12. The summed E-state index contributed by atoms with van der Waals surface area (Å²) in [6.45, 7) is 1.70. The molecule has 2 rings (SSSR count). The van der Waals surface area contributed by atoms with Gasteiger partial charge in [0, 0.05) is 19.2 Å². The van der Waals surface area contributed by atoms with E-state index < -0.39 is 12.2 Å². The van der Waals surface area contributed by atoms with Gasteiger partial charge in [-0.05, 0) is 23.6 Å². The Morgan fingerprint density at radius 2 is 2.20 bits per heavy atom. The van der Waals surface area contributed by atoms with Gasteiger partial charge in [-0.2, -0.15) is 0 Å². The first-order valence-electron chi connectivity index (χ1n) is 6.50. The van der Waals surface area contributed by atoms with Gasteiger partial charge in [-0.3, -0.25) is 9.59 Å². The third-order valence-electron chi connectivity index (χ3n) is 3.27. The molecule has 1 aromatic carbocycles. The Hall–Kier alpha value is -1.92. The molecule has 108 valence electrons. The van der Waals surface area contributed by atoms with E-state index in [0.717, 1.165) is 11.3 Å². The summed E-state index contributed by atoms with van der Waals surface area (Å²) in [6.07, 6.45) is -1.46. The SMILES string of the molecule is CC(=O)NCCC(O)C(O)c1ccc2c(c1)CC(=O)N2. The van der Waals surface area contributed by atoms with Gasteiger partial charge in [0.15, 0.2) is 0 Å². The smallest absolute Gasteiger partial charge is 0.228 e. The minimum atomic E-state index is -1.04. The molecule has 2 unspecified atom stereocenters. The van der Waals surface area contributed by atoms with E-state index in [1.54, 1.807) is 18.2 Å². The Kier molecular flexibility index (Phi) is 4.36. The molecule has 1 aliphatic rings. The first-order chi connectivity index (χ1) is 9.47. The zero-order valence-corrected chi connectivity index (χ0v) is 11.2. The normalized spacial score (nSPS) is 16.2. The molecule has 0 spiro atoms. The van der Waals surface area contributed by atoms with Crippen molar-refractivity contribution in [1.82, 2.24) is 5.32 Å². The van der Waals surface area contributed by atoms with Crippen LogP contribution >= 0.6 is 0 Å². The van der Waals surface area contributed by atoms with E-state index in [0.29, 0.717) is 12.1 Å². The van der Waals surface area contributed by atoms with Crippen molar-refractivity contribution in [3.8, 4) is 0 Å². The van der Waals surface area contributed by atoms with Crippen molar-refractivity contribution in [3.05, 3.63) is 29.3 Å². The molecule has 20 heavy (non-hydrogen) atoms. The quantitative estimate of drug-likeness (QED) is 0.614. The molecule has 0 aromatic heterocycles. The van der Waals surface area contributed by atoms with Gasteiger partial charge in [0.05, 0.1) is 12.5 Å². The van der Waals surface area contributed by atoms with Gasteiger partial charge >= 0.3 is 0 Å². The first-order valence-corrected chi connectivity index (χ1v) is 6.50. The summed E-state index contributed by atoms with van der Waals surface area (Å²) in [4.78, 5) is 22.0. The number of carbonyl (C=O) groups excluding carboxylic acids is 2. The molecule has 2 atom stereocenters. The summed E-state index contributed by atoms with van der Waals surface area (Å²) < 4.78 is 0. The molecule has 6 heteroatoms. The number of aliphatic hydroxyl groups excluding tert-OH is 2. The van der Waals surface area contributed by atoms with Crippen molar-refractivity contribution in [3.63, 3.8) is 0 Å². The Morgan fingerprint density at radius 3 is 2.90 bits per heavy atom. The van der Waals surface area contributed by atoms with Gasteiger partial charge in [0.1, 0.15) is 6.10 Å². The molecule has 1 aromatic rings. The lowest BCUT2D eigenvalue weighted by molar-refractivity contribution is -0.119. The van der Waals surface area contributed by atoms with E-state index in [2.05, 4.69) is 10.6 Å².